The molecular formula is C19H18N6. The fourth-order valence-corrected chi connectivity index (χ4v) is 4.60. The van der Waals surface area contributed by atoms with Crippen LogP contribution in [0.4, 0.5) is 5.82 Å². The Kier molecular flexibility index (Phi) is 2.40. The normalized spacial score (nSPS) is 28.2. The van der Waals surface area contributed by atoms with Crippen LogP contribution in [0.1, 0.15) is 11.4 Å². The lowest BCUT2D eigenvalue weighted by molar-refractivity contribution is 0.735. The number of hydrogen-bond acceptors (Lipinski definition) is 5. The SMILES string of the molecule is Cc1ccc(C)n1-c1cncc(-c2cnc(N3CC4C5C4C53)cn2)n1. The standard InChI is InChI=1S/C19H18N6/c1-10-3-4-11(2)25(10)16-7-20-5-14(23-16)13-6-22-15(8-21-13)24-9-12-17-18(12)19(17)24/h3-8,12,17-19H,9H2,1-2H3. The highest BCUT2D eigenvalue weighted by Gasteiger charge is 2.80. The summed E-state index contributed by atoms with van der Waals surface area (Å²) in [5.74, 6) is 4.70. The first-order chi connectivity index (χ1) is 12.2. The molecule has 2 saturated heterocycles. The first-order valence-corrected chi connectivity index (χ1v) is 8.79. The second kappa shape index (κ2) is 4.45. The zero-order valence-corrected chi connectivity index (χ0v) is 14.2. The van der Waals surface area contributed by atoms with Gasteiger partial charge in [-0.1, -0.05) is 0 Å². The van der Waals surface area contributed by atoms with E-state index in [-0.39, 0.29) is 0 Å². The van der Waals surface area contributed by atoms with E-state index in [0.717, 1.165) is 64.8 Å². The van der Waals surface area contributed by atoms with Crippen LogP contribution in [-0.4, -0.2) is 37.1 Å². The van der Waals surface area contributed by atoms with Gasteiger partial charge < -0.3 is 9.47 Å². The monoisotopic (exact) mass is 330 g/mol. The van der Waals surface area contributed by atoms with E-state index in [2.05, 4.69) is 50.4 Å². The van der Waals surface area contributed by atoms with Crippen molar-refractivity contribution in [1.82, 2.24) is 24.5 Å². The van der Waals surface area contributed by atoms with Gasteiger partial charge in [0.1, 0.15) is 17.2 Å². The molecule has 2 aliphatic heterocycles. The second-order valence-electron chi connectivity index (χ2n) is 7.44. The van der Waals surface area contributed by atoms with Crippen molar-refractivity contribution in [2.24, 2.45) is 17.8 Å². The van der Waals surface area contributed by atoms with Gasteiger partial charge in [0, 0.05) is 24.0 Å². The van der Waals surface area contributed by atoms with E-state index in [1.807, 2.05) is 12.4 Å². The molecule has 0 spiro atoms. The minimum absolute atomic E-state index is 0.750. The molecule has 3 aromatic heterocycles. The highest BCUT2D eigenvalue weighted by molar-refractivity contribution is 5.57. The zero-order chi connectivity index (χ0) is 16.7. The third-order valence-electron chi connectivity index (χ3n) is 6.02. The van der Waals surface area contributed by atoms with Gasteiger partial charge in [-0.15, -0.1) is 0 Å². The summed E-state index contributed by atoms with van der Waals surface area (Å²) >= 11 is 0. The molecule has 3 aromatic rings. The first kappa shape index (κ1) is 13.5. The summed E-state index contributed by atoms with van der Waals surface area (Å²) < 4.78 is 2.10. The molecular weight excluding hydrogens is 312 g/mol. The minimum Gasteiger partial charge on any atom is -0.351 e. The third kappa shape index (κ3) is 1.79. The molecule has 0 amide bonds. The van der Waals surface area contributed by atoms with Crippen molar-refractivity contribution in [2.45, 2.75) is 19.9 Å². The lowest BCUT2D eigenvalue weighted by Gasteiger charge is -2.16. The largest absolute Gasteiger partial charge is 0.351 e. The van der Waals surface area contributed by atoms with Crippen molar-refractivity contribution in [3.63, 3.8) is 0 Å². The number of piperidine rings is 1. The number of aromatic nitrogens is 5. The molecule has 0 aromatic carbocycles. The number of fused-ring (bicyclic) bond motifs is 1. The molecule has 4 fully saturated rings. The Labute approximate surface area is 145 Å². The molecule has 2 atom stereocenters. The van der Waals surface area contributed by atoms with Crippen LogP contribution in [0.2, 0.25) is 0 Å². The summed E-state index contributed by atoms with van der Waals surface area (Å²) in [5.41, 5.74) is 3.79. The van der Waals surface area contributed by atoms with E-state index in [1.165, 1.54) is 0 Å². The van der Waals surface area contributed by atoms with Crippen LogP contribution < -0.4 is 4.90 Å². The van der Waals surface area contributed by atoms with Gasteiger partial charge in [0.05, 0.1) is 24.8 Å². The van der Waals surface area contributed by atoms with Gasteiger partial charge in [-0.3, -0.25) is 4.98 Å². The van der Waals surface area contributed by atoms with E-state index in [1.54, 1.807) is 12.4 Å². The van der Waals surface area contributed by atoms with Crippen LogP contribution in [0.3, 0.4) is 0 Å². The van der Waals surface area contributed by atoms with E-state index in [9.17, 15) is 0 Å². The minimum atomic E-state index is 0.750. The second-order valence-corrected chi connectivity index (χ2v) is 7.44. The van der Waals surface area contributed by atoms with Gasteiger partial charge in [0.15, 0.2) is 5.82 Å². The highest BCUT2D eigenvalue weighted by atomic mass is 15.3. The number of rotatable bonds is 3. The van der Waals surface area contributed by atoms with Crippen LogP contribution in [-0.2, 0) is 0 Å². The lowest BCUT2D eigenvalue weighted by atomic mass is 10.2. The molecule has 0 N–H and O–H groups in total. The summed E-state index contributed by atoms with van der Waals surface area (Å²) in [6, 6.07) is 4.93. The molecule has 4 aliphatic rings. The molecule has 2 bridgehead atoms. The van der Waals surface area contributed by atoms with E-state index < -0.39 is 0 Å². The molecule has 25 heavy (non-hydrogen) atoms. The van der Waals surface area contributed by atoms with Gasteiger partial charge in [-0.05, 0) is 43.7 Å². The zero-order valence-electron chi connectivity index (χ0n) is 14.2. The average molecular weight is 330 g/mol. The summed E-state index contributed by atoms with van der Waals surface area (Å²) in [5, 5.41) is 0. The van der Waals surface area contributed by atoms with Crippen molar-refractivity contribution in [2.75, 3.05) is 11.4 Å². The Hall–Kier alpha value is -2.76. The maximum Gasteiger partial charge on any atom is 0.156 e. The Morgan fingerprint density at radius 2 is 1.68 bits per heavy atom. The van der Waals surface area contributed by atoms with Gasteiger partial charge >= 0.3 is 0 Å². The van der Waals surface area contributed by atoms with Crippen LogP contribution in [0.5, 0.6) is 0 Å². The van der Waals surface area contributed by atoms with Crippen molar-refractivity contribution in [3.8, 4) is 17.2 Å². The van der Waals surface area contributed by atoms with Crippen LogP contribution in [0.15, 0.2) is 36.9 Å². The summed E-state index contributed by atoms with van der Waals surface area (Å²) in [7, 11) is 0. The third-order valence-corrected chi connectivity index (χ3v) is 6.02. The van der Waals surface area contributed by atoms with Gasteiger partial charge in [-0.2, -0.15) is 0 Å². The van der Waals surface area contributed by atoms with Crippen LogP contribution in [0, 0.1) is 31.6 Å². The maximum absolute atomic E-state index is 4.75. The lowest BCUT2D eigenvalue weighted by Crippen LogP contribution is -2.21. The van der Waals surface area contributed by atoms with E-state index in [4.69, 9.17) is 4.98 Å². The Balaban J connectivity index is 1.33. The molecule has 2 aliphatic carbocycles. The Morgan fingerprint density at radius 3 is 2.32 bits per heavy atom. The topological polar surface area (TPSA) is 59.7 Å². The number of nitrogens with zero attached hydrogens (tertiary/aromatic N) is 6. The number of hydrogen-bond donors (Lipinski definition) is 0. The molecule has 6 nitrogen and oxygen atoms in total. The van der Waals surface area contributed by atoms with E-state index >= 15 is 0 Å². The van der Waals surface area contributed by atoms with Crippen molar-refractivity contribution >= 4 is 5.82 Å². The van der Waals surface area contributed by atoms with Crippen LogP contribution >= 0.6 is 0 Å². The molecule has 2 saturated carbocycles. The fraction of sp³-hybridized carbons (Fsp3) is 0.368. The average Bonchev–Trinajstić information content (AvgIpc) is 3.38. The predicted molar refractivity (Wildman–Crippen MR) is 93.5 cm³/mol. The molecule has 6 heteroatoms. The summed E-state index contributed by atoms with van der Waals surface area (Å²) in [4.78, 5) is 20.8. The first-order valence-electron chi connectivity index (χ1n) is 8.79. The molecule has 5 heterocycles. The molecule has 124 valence electrons. The fourth-order valence-electron chi connectivity index (χ4n) is 4.60. The Bertz CT molecular complexity index is 955. The summed E-state index contributed by atoms with van der Waals surface area (Å²) in [6.45, 7) is 5.30. The Morgan fingerprint density at radius 1 is 0.880 bits per heavy atom. The highest BCUT2D eigenvalue weighted by Crippen LogP contribution is 2.75. The predicted octanol–water partition coefficient (Wildman–Crippen LogP) is 2.41. The number of anilines is 1. The van der Waals surface area contributed by atoms with Crippen molar-refractivity contribution in [3.05, 3.63) is 48.3 Å². The van der Waals surface area contributed by atoms with E-state index in [0.29, 0.717) is 0 Å². The van der Waals surface area contributed by atoms with Crippen molar-refractivity contribution < 1.29 is 0 Å². The van der Waals surface area contributed by atoms with Gasteiger partial charge in [-0.25, -0.2) is 15.0 Å². The smallest absolute Gasteiger partial charge is 0.156 e. The summed E-state index contributed by atoms with van der Waals surface area (Å²) in [6.07, 6.45) is 7.24. The molecule has 7 rings (SSSR count). The van der Waals surface area contributed by atoms with Crippen LogP contribution in [0.25, 0.3) is 17.2 Å². The van der Waals surface area contributed by atoms with Crippen molar-refractivity contribution in [1.29, 1.82) is 0 Å². The maximum atomic E-state index is 4.75. The van der Waals surface area contributed by atoms with Gasteiger partial charge in [0.2, 0.25) is 0 Å². The van der Waals surface area contributed by atoms with Gasteiger partial charge in [0.25, 0.3) is 0 Å². The molecule has 2 unspecified atom stereocenters. The quantitative estimate of drug-likeness (QED) is 0.738. The number of aryl methyl sites for hydroxylation is 2. The molecule has 0 radical (unpaired) electrons.